The molecule has 1 fully saturated rings. The average Bonchev–Trinajstić information content (AvgIpc) is 2.62. The van der Waals surface area contributed by atoms with E-state index in [2.05, 4.69) is 0 Å². The van der Waals surface area contributed by atoms with E-state index in [1.807, 2.05) is 20.8 Å². The highest BCUT2D eigenvalue weighted by atomic mass is 32.2. The standard InChI is InChI=1S/C20H23NO5S/c1-20(2,3)21-13-18(25-14-19(21)22)16-11-7-8-12-17(16)26-27(23,24)15-9-5-4-6-10-15/h4-12,18H,13-14H2,1-3H3/t18-/m1/s1. The van der Waals surface area contributed by atoms with Gasteiger partial charge in [0.1, 0.15) is 23.4 Å². The quantitative estimate of drug-likeness (QED) is 0.751. The predicted octanol–water partition coefficient (Wildman–Crippen LogP) is 3.15. The number of morpholine rings is 1. The van der Waals surface area contributed by atoms with E-state index in [9.17, 15) is 13.2 Å². The number of ether oxygens (including phenoxy) is 1. The van der Waals surface area contributed by atoms with Gasteiger partial charge in [0, 0.05) is 11.1 Å². The summed E-state index contributed by atoms with van der Waals surface area (Å²) in [6.07, 6.45) is -0.468. The van der Waals surface area contributed by atoms with Crippen molar-refractivity contribution in [2.75, 3.05) is 13.2 Å². The van der Waals surface area contributed by atoms with Gasteiger partial charge >= 0.3 is 10.1 Å². The van der Waals surface area contributed by atoms with Crippen molar-refractivity contribution in [3.05, 3.63) is 60.2 Å². The molecule has 0 N–H and O–H groups in total. The summed E-state index contributed by atoms with van der Waals surface area (Å²) in [7, 11) is -3.96. The molecule has 1 atom stereocenters. The summed E-state index contributed by atoms with van der Waals surface area (Å²) in [6.45, 7) is 6.14. The molecule has 0 spiro atoms. The normalized spacial score (nSPS) is 18.4. The summed E-state index contributed by atoms with van der Waals surface area (Å²) in [6, 6.07) is 14.8. The lowest BCUT2D eigenvalue weighted by Gasteiger charge is -2.41. The first-order chi connectivity index (χ1) is 12.7. The highest BCUT2D eigenvalue weighted by Gasteiger charge is 2.35. The number of nitrogens with zero attached hydrogens (tertiary/aromatic N) is 1. The molecular weight excluding hydrogens is 366 g/mol. The van der Waals surface area contributed by atoms with Crippen molar-refractivity contribution in [3.63, 3.8) is 0 Å². The van der Waals surface area contributed by atoms with Crippen molar-refractivity contribution in [2.45, 2.75) is 37.3 Å². The highest BCUT2D eigenvalue weighted by Crippen LogP contribution is 2.34. The monoisotopic (exact) mass is 389 g/mol. The van der Waals surface area contributed by atoms with Crippen LogP contribution >= 0.6 is 0 Å². The third-order valence-electron chi connectivity index (χ3n) is 4.36. The third kappa shape index (κ3) is 4.31. The molecule has 0 saturated carbocycles. The van der Waals surface area contributed by atoms with Crippen LogP contribution in [-0.2, 0) is 19.6 Å². The van der Waals surface area contributed by atoms with Gasteiger partial charge in [-0.25, -0.2) is 0 Å². The van der Waals surface area contributed by atoms with E-state index < -0.39 is 16.2 Å². The van der Waals surface area contributed by atoms with Crippen LogP contribution in [0.3, 0.4) is 0 Å². The zero-order valence-electron chi connectivity index (χ0n) is 15.6. The minimum absolute atomic E-state index is 0.0539. The lowest BCUT2D eigenvalue weighted by atomic mass is 10.0. The summed E-state index contributed by atoms with van der Waals surface area (Å²) in [5.74, 6) is 0.114. The Bertz CT molecular complexity index is 919. The summed E-state index contributed by atoms with van der Waals surface area (Å²) in [5.41, 5.74) is 0.240. The molecule has 0 aliphatic carbocycles. The molecule has 2 aromatic carbocycles. The van der Waals surface area contributed by atoms with Crippen LogP contribution in [0.5, 0.6) is 5.75 Å². The van der Waals surface area contributed by atoms with Gasteiger partial charge in [-0.2, -0.15) is 8.42 Å². The van der Waals surface area contributed by atoms with E-state index >= 15 is 0 Å². The van der Waals surface area contributed by atoms with Crippen molar-refractivity contribution in [3.8, 4) is 5.75 Å². The van der Waals surface area contributed by atoms with Crippen LogP contribution in [0.25, 0.3) is 0 Å². The number of amides is 1. The van der Waals surface area contributed by atoms with Gasteiger partial charge in [0.05, 0.1) is 6.54 Å². The average molecular weight is 389 g/mol. The van der Waals surface area contributed by atoms with Crippen LogP contribution in [0.15, 0.2) is 59.5 Å². The Morgan fingerprint density at radius 3 is 2.33 bits per heavy atom. The zero-order valence-corrected chi connectivity index (χ0v) is 16.4. The summed E-state index contributed by atoms with van der Waals surface area (Å²) in [5, 5.41) is 0. The van der Waals surface area contributed by atoms with Crippen molar-refractivity contribution in [2.24, 2.45) is 0 Å². The largest absolute Gasteiger partial charge is 0.379 e. The van der Waals surface area contributed by atoms with Gasteiger partial charge in [0.2, 0.25) is 5.91 Å². The van der Waals surface area contributed by atoms with Gasteiger partial charge < -0.3 is 13.8 Å². The van der Waals surface area contributed by atoms with Crippen molar-refractivity contribution in [1.82, 2.24) is 4.90 Å². The fraction of sp³-hybridized carbons (Fsp3) is 0.350. The van der Waals surface area contributed by atoms with E-state index in [0.717, 1.165) is 0 Å². The van der Waals surface area contributed by atoms with E-state index in [1.54, 1.807) is 47.4 Å². The Kier molecular flexibility index (Phi) is 5.26. The van der Waals surface area contributed by atoms with Gasteiger partial charge in [-0.1, -0.05) is 36.4 Å². The lowest BCUT2D eigenvalue weighted by Crippen LogP contribution is -2.52. The second-order valence-corrected chi connectivity index (χ2v) is 8.91. The number of para-hydroxylation sites is 1. The lowest BCUT2D eigenvalue weighted by molar-refractivity contribution is -0.156. The van der Waals surface area contributed by atoms with Crippen LogP contribution in [0.2, 0.25) is 0 Å². The molecule has 6 nitrogen and oxygen atoms in total. The number of hydrogen-bond acceptors (Lipinski definition) is 5. The minimum atomic E-state index is -3.96. The maximum Gasteiger partial charge on any atom is 0.339 e. The molecule has 3 rings (SSSR count). The van der Waals surface area contributed by atoms with Crippen LogP contribution < -0.4 is 4.18 Å². The van der Waals surface area contributed by atoms with Crippen LogP contribution in [0.1, 0.15) is 32.4 Å². The molecule has 27 heavy (non-hydrogen) atoms. The van der Waals surface area contributed by atoms with Gasteiger partial charge in [-0.05, 0) is 39.0 Å². The highest BCUT2D eigenvalue weighted by molar-refractivity contribution is 7.87. The predicted molar refractivity (Wildman–Crippen MR) is 101 cm³/mol. The Labute approximate surface area is 159 Å². The molecule has 1 aliphatic heterocycles. The molecule has 1 aliphatic rings. The van der Waals surface area contributed by atoms with Gasteiger partial charge in [-0.3, -0.25) is 4.79 Å². The summed E-state index contributed by atoms with van der Waals surface area (Å²) < 4.78 is 36.3. The fourth-order valence-electron chi connectivity index (χ4n) is 2.98. The van der Waals surface area contributed by atoms with Crippen LogP contribution in [-0.4, -0.2) is 37.9 Å². The molecule has 1 saturated heterocycles. The SMILES string of the molecule is CC(C)(C)N1C[C@H](c2ccccc2OS(=O)(=O)c2ccccc2)OCC1=O. The molecule has 7 heteroatoms. The topological polar surface area (TPSA) is 72.9 Å². The number of benzene rings is 2. The second kappa shape index (κ2) is 7.32. The zero-order chi connectivity index (χ0) is 19.7. The first-order valence-corrected chi connectivity index (χ1v) is 10.1. The third-order valence-corrected chi connectivity index (χ3v) is 5.61. The van der Waals surface area contributed by atoms with E-state index in [-0.39, 0.29) is 28.7 Å². The number of hydrogen-bond donors (Lipinski definition) is 0. The van der Waals surface area contributed by atoms with E-state index in [0.29, 0.717) is 12.1 Å². The Morgan fingerprint density at radius 2 is 1.67 bits per heavy atom. The molecule has 2 aromatic rings. The number of carbonyl (C=O) groups excluding carboxylic acids is 1. The number of carbonyl (C=O) groups is 1. The van der Waals surface area contributed by atoms with E-state index in [1.165, 1.54) is 12.1 Å². The van der Waals surface area contributed by atoms with Gasteiger partial charge in [0.15, 0.2) is 0 Å². The molecular formula is C20H23NO5S. The molecule has 0 bridgehead atoms. The molecule has 0 aromatic heterocycles. The van der Waals surface area contributed by atoms with Crippen molar-refractivity contribution < 1.29 is 22.1 Å². The Balaban J connectivity index is 1.90. The molecule has 1 amide bonds. The van der Waals surface area contributed by atoms with Crippen molar-refractivity contribution >= 4 is 16.0 Å². The molecule has 0 unspecified atom stereocenters. The second-order valence-electron chi connectivity index (χ2n) is 7.36. The van der Waals surface area contributed by atoms with Crippen LogP contribution in [0.4, 0.5) is 0 Å². The van der Waals surface area contributed by atoms with Gasteiger partial charge in [0.25, 0.3) is 0 Å². The summed E-state index contributed by atoms with van der Waals surface area (Å²) in [4.78, 5) is 14.0. The fourth-order valence-corrected chi connectivity index (χ4v) is 3.96. The maximum atomic E-state index is 12.6. The summed E-state index contributed by atoms with van der Waals surface area (Å²) >= 11 is 0. The smallest absolute Gasteiger partial charge is 0.339 e. The first kappa shape index (κ1) is 19.4. The first-order valence-electron chi connectivity index (χ1n) is 8.69. The Hall–Kier alpha value is -2.38. The van der Waals surface area contributed by atoms with Gasteiger partial charge in [-0.15, -0.1) is 0 Å². The molecule has 0 radical (unpaired) electrons. The minimum Gasteiger partial charge on any atom is -0.379 e. The Morgan fingerprint density at radius 1 is 1.04 bits per heavy atom. The van der Waals surface area contributed by atoms with Crippen LogP contribution in [0, 0.1) is 0 Å². The number of rotatable bonds is 4. The molecule has 144 valence electrons. The van der Waals surface area contributed by atoms with Crippen molar-refractivity contribution in [1.29, 1.82) is 0 Å². The molecule has 1 heterocycles. The van der Waals surface area contributed by atoms with E-state index in [4.69, 9.17) is 8.92 Å². The maximum absolute atomic E-state index is 12.6.